The van der Waals surface area contributed by atoms with Crippen molar-refractivity contribution < 1.29 is 18.3 Å². The monoisotopic (exact) mass is 310 g/mol. The Hall–Kier alpha value is -1.49. The summed E-state index contributed by atoms with van der Waals surface area (Å²) >= 11 is 5.84. The third kappa shape index (κ3) is 2.67. The van der Waals surface area contributed by atoms with Gasteiger partial charge in [0.15, 0.2) is 0 Å². The number of benzene rings is 2. The van der Waals surface area contributed by atoms with Crippen molar-refractivity contribution in [3.63, 3.8) is 0 Å². The van der Waals surface area contributed by atoms with E-state index in [1.165, 1.54) is 24.3 Å². The van der Waals surface area contributed by atoms with Gasteiger partial charge in [-0.3, -0.25) is 0 Å². The fraction of sp³-hybridized carbons (Fsp3) is 0.250. The third-order valence-corrected chi connectivity index (χ3v) is 3.77. The predicted octanol–water partition coefficient (Wildman–Crippen LogP) is 3.82. The van der Waals surface area contributed by atoms with E-state index in [9.17, 15) is 8.78 Å². The molecule has 2 aromatic carbocycles. The van der Waals surface area contributed by atoms with Gasteiger partial charge in [-0.15, -0.1) is 11.6 Å². The van der Waals surface area contributed by atoms with Crippen LogP contribution in [0.5, 0.6) is 0 Å². The van der Waals surface area contributed by atoms with Crippen molar-refractivity contribution >= 4 is 11.6 Å². The van der Waals surface area contributed by atoms with Crippen molar-refractivity contribution in [2.75, 3.05) is 12.5 Å². The Morgan fingerprint density at radius 2 is 1.43 bits per heavy atom. The molecular formula is C16H13ClF2O2. The van der Waals surface area contributed by atoms with E-state index >= 15 is 0 Å². The Labute approximate surface area is 126 Å². The van der Waals surface area contributed by atoms with E-state index in [4.69, 9.17) is 21.1 Å². The van der Waals surface area contributed by atoms with E-state index in [0.717, 1.165) is 0 Å². The molecule has 0 amide bonds. The average molecular weight is 311 g/mol. The first-order valence-corrected chi connectivity index (χ1v) is 7.07. The van der Waals surface area contributed by atoms with E-state index in [0.29, 0.717) is 17.7 Å². The van der Waals surface area contributed by atoms with Gasteiger partial charge in [0.1, 0.15) is 11.6 Å². The van der Waals surface area contributed by atoms with Crippen LogP contribution in [0, 0.1) is 11.6 Å². The van der Waals surface area contributed by atoms with Crippen LogP contribution < -0.4 is 0 Å². The highest BCUT2D eigenvalue weighted by molar-refractivity contribution is 6.18. The van der Waals surface area contributed by atoms with Crippen LogP contribution >= 0.6 is 11.6 Å². The maximum atomic E-state index is 13.1. The summed E-state index contributed by atoms with van der Waals surface area (Å²) in [5, 5.41) is 0. The molecule has 3 rings (SSSR count). The molecule has 1 fully saturated rings. The summed E-state index contributed by atoms with van der Waals surface area (Å²) < 4.78 is 38.1. The van der Waals surface area contributed by atoms with Crippen LogP contribution in [0.1, 0.15) is 11.1 Å². The summed E-state index contributed by atoms with van der Waals surface area (Å²) in [7, 11) is 0. The summed E-state index contributed by atoms with van der Waals surface area (Å²) in [5.74, 6) is -1.59. The summed E-state index contributed by atoms with van der Waals surface area (Å²) in [6.45, 7) is 0.318. The third-order valence-electron chi connectivity index (χ3n) is 3.43. The van der Waals surface area contributed by atoms with Crippen LogP contribution in [0.2, 0.25) is 0 Å². The van der Waals surface area contributed by atoms with Crippen molar-refractivity contribution in [1.29, 1.82) is 0 Å². The Balaban J connectivity index is 2.07. The van der Waals surface area contributed by atoms with E-state index in [1.807, 2.05) is 0 Å². The number of rotatable bonds is 3. The highest BCUT2D eigenvalue weighted by Gasteiger charge is 2.44. The van der Waals surface area contributed by atoms with Crippen molar-refractivity contribution in [2.45, 2.75) is 11.9 Å². The summed E-state index contributed by atoms with van der Waals surface area (Å²) in [6.07, 6.45) is -0.276. The lowest BCUT2D eigenvalue weighted by molar-refractivity contribution is -0.140. The van der Waals surface area contributed by atoms with Gasteiger partial charge in [-0.05, 0) is 24.3 Å². The molecule has 1 saturated heterocycles. The highest BCUT2D eigenvalue weighted by atomic mass is 35.5. The molecule has 1 atom stereocenters. The zero-order chi connectivity index (χ0) is 14.9. The number of hydrogen-bond acceptors (Lipinski definition) is 2. The lowest BCUT2D eigenvalue weighted by Crippen LogP contribution is -2.30. The second kappa shape index (κ2) is 5.72. The van der Waals surface area contributed by atoms with Crippen LogP contribution in [-0.2, 0) is 15.3 Å². The molecule has 0 N–H and O–H groups in total. The largest absolute Gasteiger partial charge is 0.339 e. The summed E-state index contributed by atoms with van der Waals surface area (Å²) in [6, 6.07) is 11.7. The van der Waals surface area contributed by atoms with Gasteiger partial charge in [-0.2, -0.15) is 0 Å². The molecule has 2 nitrogen and oxygen atoms in total. The second-order valence-corrected chi connectivity index (χ2v) is 5.14. The predicted molar refractivity (Wildman–Crippen MR) is 75.1 cm³/mol. The topological polar surface area (TPSA) is 18.5 Å². The number of hydrogen-bond donors (Lipinski definition) is 0. The minimum Gasteiger partial charge on any atom is -0.339 e. The van der Waals surface area contributed by atoms with Gasteiger partial charge in [-0.1, -0.05) is 24.3 Å². The molecule has 1 aliphatic heterocycles. The van der Waals surface area contributed by atoms with Gasteiger partial charge < -0.3 is 9.47 Å². The van der Waals surface area contributed by atoms with E-state index in [1.54, 1.807) is 24.3 Å². The molecule has 110 valence electrons. The minimum atomic E-state index is -1.18. The van der Waals surface area contributed by atoms with Crippen molar-refractivity contribution in [3.8, 4) is 0 Å². The Kier molecular flexibility index (Phi) is 3.93. The van der Waals surface area contributed by atoms with E-state index < -0.39 is 5.79 Å². The van der Waals surface area contributed by atoms with E-state index in [2.05, 4.69) is 0 Å². The molecule has 0 aliphatic carbocycles. The summed E-state index contributed by atoms with van der Waals surface area (Å²) in [5.41, 5.74) is 1.28. The van der Waals surface area contributed by atoms with Gasteiger partial charge in [0.25, 0.3) is 0 Å². The molecule has 0 bridgehead atoms. The van der Waals surface area contributed by atoms with Crippen LogP contribution in [-0.4, -0.2) is 18.6 Å². The molecule has 2 aromatic rings. The molecule has 1 unspecified atom stereocenters. The number of alkyl halides is 1. The highest BCUT2D eigenvalue weighted by Crippen LogP contribution is 2.40. The van der Waals surface area contributed by atoms with Crippen molar-refractivity contribution in [1.82, 2.24) is 0 Å². The van der Waals surface area contributed by atoms with Crippen LogP contribution in [0.25, 0.3) is 0 Å². The van der Waals surface area contributed by atoms with Gasteiger partial charge in [-0.25, -0.2) is 8.78 Å². The molecule has 1 aliphatic rings. The maximum Gasteiger partial charge on any atom is 0.222 e. The molecule has 1 heterocycles. The Bertz CT molecular complexity index is 568. The first-order valence-electron chi connectivity index (χ1n) is 6.54. The first-order chi connectivity index (χ1) is 10.1. The number of halogens is 3. The van der Waals surface area contributed by atoms with Crippen molar-refractivity contribution in [2.24, 2.45) is 0 Å². The summed E-state index contributed by atoms with van der Waals surface area (Å²) in [4.78, 5) is 0. The molecule has 21 heavy (non-hydrogen) atoms. The zero-order valence-corrected chi connectivity index (χ0v) is 11.8. The van der Waals surface area contributed by atoms with Gasteiger partial charge in [0.05, 0.1) is 18.6 Å². The van der Waals surface area contributed by atoms with Gasteiger partial charge >= 0.3 is 0 Å². The zero-order valence-electron chi connectivity index (χ0n) is 11.1. The Morgan fingerprint density at radius 1 is 0.952 bits per heavy atom. The fourth-order valence-corrected chi connectivity index (χ4v) is 2.55. The van der Waals surface area contributed by atoms with Crippen LogP contribution in [0.3, 0.4) is 0 Å². The van der Waals surface area contributed by atoms with Gasteiger partial charge in [0, 0.05) is 11.1 Å². The molecule has 0 aromatic heterocycles. The molecule has 0 saturated carbocycles. The molecule has 0 radical (unpaired) electrons. The van der Waals surface area contributed by atoms with E-state index in [-0.39, 0.29) is 23.6 Å². The fourth-order valence-electron chi connectivity index (χ4n) is 2.40. The lowest BCUT2D eigenvalue weighted by Gasteiger charge is -2.29. The average Bonchev–Trinajstić information content (AvgIpc) is 2.94. The van der Waals surface area contributed by atoms with Crippen LogP contribution in [0.15, 0.2) is 48.5 Å². The first kappa shape index (κ1) is 14.4. The normalized spacial score (nSPS) is 20.6. The standard InChI is InChI=1S/C16H13ClF2O2/c17-9-15-10-20-16(21-15,11-1-5-13(18)6-2-11)12-3-7-14(19)8-4-12/h1-8,15H,9-10H2. The van der Waals surface area contributed by atoms with Gasteiger partial charge in [0.2, 0.25) is 5.79 Å². The maximum absolute atomic E-state index is 13.1. The Morgan fingerprint density at radius 3 is 1.81 bits per heavy atom. The SMILES string of the molecule is Fc1ccc(C2(c3ccc(F)cc3)OCC(CCl)O2)cc1. The van der Waals surface area contributed by atoms with Crippen LogP contribution in [0.4, 0.5) is 8.78 Å². The number of ether oxygens (including phenoxy) is 2. The molecule has 0 spiro atoms. The second-order valence-electron chi connectivity index (χ2n) is 4.84. The quantitative estimate of drug-likeness (QED) is 0.802. The van der Waals surface area contributed by atoms with Crippen molar-refractivity contribution in [3.05, 3.63) is 71.3 Å². The smallest absolute Gasteiger partial charge is 0.222 e. The molecular weight excluding hydrogens is 298 g/mol. The minimum absolute atomic E-state index is 0.276. The lowest BCUT2D eigenvalue weighted by atomic mass is 9.97. The molecule has 5 heteroatoms.